The molecule has 2 fully saturated rings. The average Bonchev–Trinajstić information content (AvgIpc) is 2.83. The van der Waals surface area contributed by atoms with E-state index in [1.807, 2.05) is 0 Å². The Hall–Kier alpha value is -1.43. The van der Waals surface area contributed by atoms with Crippen molar-refractivity contribution >= 4 is 11.8 Å². The molecule has 1 aromatic rings. The highest BCUT2D eigenvalue weighted by atomic mass is 19.1. The molecule has 2 atom stereocenters. The van der Waals surface area contributed by atoms with Crippen LogP contribution in [0.5, 0.6) is 0 Å². The lowest BCUT2D eigenvalue weighted by Gasteiger charge is -2.32. The molecule has 0 amide bonds. The Labute approximate surface area is 106 Å². The van der Waals surface area contributed by atoms with Gasteiger partial charge in [-0.15, -0.1) is 0 Å². The minimum Gasteiger partial charge on any atom is -0.351 e. The fourth-order valence-corrected chi connectivity index (χ4v) is 3.30. The highest BCUT2D eigenvalue weighted by molar-refractivity contribution is 5.46. The molecule has 6 heteroatoms. The zero-order valence-corrected chi connectivity index (χ0v) is 10.3. The van der Waals surface area contributed by atoms with E-state index < -0.39 is 0 Å². The number of anilines is 2. The van der Waals surface area contributed by atoms with Gasteiger partial charge in [0.25, 0.3) is 0 Å². The molecule has 0 radical (unpaired) electrons. The van der Waals surface area contributed by atoms with Crippen molar-refractivity contribution in [1.82, 2.24) is 9.97 Å². The topological polar surface area (TPSA) is 67.1 Å². The predicted octanol–water partition coefficient (Wildman–Crippen LogP) is 1.67. The second kappa shape index (κ2) is 4.68. The van der Waals surface area contributed by atoms with Gasteiger partial charge in [-0.25, -0.2) is 15.2 Å². The minimum absolute atomic E-state index is 0.269. The Morgan fingerprint density at radius 3 is 3.00 bits per heavy atom. The summed E-state index contributed by atoms with van der Waals surface area (Å²) in [5.41, 5.74) is 2.37. The van der Waals surface area contributed by atoms with Gasteiger partial charge in [0.15, 0.2) is 11.6 Å². The SMILES string of the molecule is NNc1ncc(F)c(N2CCC3CCCCC32)n1. The van der Waals surface area contributed by atoms with E-state index in [0.717, 1.165) is 19.4 Å². The van der Waals surface area contributed by atoms with Gasteiger partial charge in [-0.2, -0.15) is 4.98 Å². The van der Waals surface area contributed by atoms with Crippen LogP contribution in [0.25, 0.3) is 0 Å². The Balaban J connectivity index is 1.90. The highest BCUT2D eigenvalue weighted by Gasteiger charge is 2.37. The number of rotatable bonds is 2. The van der Waals surface area contributed by atoms with Crippen LogP contribution in [-0.4, -0.2) is 22.6 Å². The lowest BCUT2D eigenvalue weighted by atomic mass is 9.85. The van der Waals surface area contributed by atoms with Crippen molar-refractivity contribution in [2.24, 2.45) is 11.8 Å². The summed E-state index contributed by atoms with van der Waals surface area (Å²) in [4.78, 5) is 10.1. The van der Waals surface area contributed by atoms with Gasteiger partial charge in [0.2, 0.25) is 5.95 Å². The molecule has 0 spiro atoms. The number of nitrogens with zero attached hydrogens (tertiary/aromatic N) is 3. The summed E-state index contributed by atoms with van der Waals surface area (Å²) < 4.78 is 13.9. The molecule has 5 nitrogen and oxygen atoms in total. The van der Waals surface area contributed by atoms with Crippen molar-refractivity contribution in [3.8, 4) is 0 Å². The quantitative estimate of drug-likeness (QED) is 0.618. The first-order chi connectivity index (χ1) is 8.79. The number of hydrogen-bond acceptors (Lipinski definition) is 5. The summed E-state index contributed by atoms with van der Waals surface area (Å²) in [6, 6.07) is 0.439. The predicted molar refractivity (Wildman–Crippen MR) is 67.5 cm³/mol. The van der Waals surface area contributed by atoms with E-state index in [9.17, 15) is 4.39 Å². The van der Waals surface area contributed by atoms with Gasteiger partial charge in [-0.1, -0.05) is 12.8 Å². The van der Waals surface area contributed by atoms with E-state index in [-0.39, 0.29) is 11.8 Å². The molecular formula is C12H18FN5. The van der Waals surface area contributed by atoms with Crippen molar-refractivity contribution in [3.05, 3.63) is 12.0 Å². The van der Waals surface area contributed by atoms with E-state index in [1.165, 1.54) is 25.5 Å². The molecule has 2 heterocycles. The third kappa shape index (κ3) is 1.90. The van der Waals surface area contributed by atoms with Gasteiger partial charge in [0.05, 0.1) is 6.20 Å². The molecule has 0 bridgehead atoms. The van der Waals surface area contributed by atoms with Crippen LogP contribution in [0.15, 0.2) is 6.20 Å². The van der Waals surface area contributed by atoms with Crippen LogP contribution in [0.3, 0.4) is 0 Å². The van der Waals surface area contributed by atoms with Crippen LogP contribution < -0.4 is 16.2 Å². The lowest BCUT2D eigenvalue weighted by Crippen LogP contribution is -2.36. The van der Waals surface area contributed by atoms with Gasteiger partial charge >= 0.3 is 0 Å². The molecule has 3 rings (SSSR count). The van der Waals surface area contributed by atoms with Crippen LogP contribution in [0.1, 0.15) is 32.1 Å². The largest absolute Gasteiger partial charge is 0.351 e. The fourth-order valence-electron chi connectivity index (χ4n) is 3.30. The zero-order valence-electron chi connectivity index (χ0n) is 10.3. The fraction of sp³-hybridized carbons (Fsp3) is 0.667. The summed E-state index contributed by atoms with van der Waals surface area (Å²) in [5.74, 6) is 6.28. The summed E-state index contributed by atoms with van der Waals surface area (Å²) in [7, 11) is 0. The Bertz CT molecular complexity index is 438. The number of fused-ring (bicyclic) bond motifs is 1. The molecule has 1 saturated carbocycles. The first-order valence-corrected chi connectivity index (χ1v) is 6.55. The number of nitrogens with one attached hydrogen (secondary N) is 1. The van der Waals surface area contributed by atoms with E-state index in [0.29, 0.717) is 17.8 Å². The molecule has 1 aromatic heterocycles. The number of hydrogen-bond donors (Lipinski definition) is 2. The van der Waals surface area contributed by atoms with Crippen molar-refractivity contribution in [3.63, 3.8) is 0 Å². The van der Waals surface area contributed by atoms with Gasteiger partial charge in [0, 0.05) is 12.6 Å². The third-order valence-corrected chi connectivity index (χ3v) is 4.14. The molecular weight excluding hydrogens is 233 g/mol. The maximum absolute atomic E-state index is 13.9. The Morgan fingerprint density at radius 1 is 1.33 bits per heavy atom. The van der Waals surface area contributed by atoms with Gasteiger partial charge in [-0.05, 0) is 25.2 Å². The molecule has 98 valence electrons. The van der Waals surface area contributed by atoms with E-state index >= 15 is 0 Å². The van der Waals surface area contributed by atoms with Crippen molar-refractivity contribution < 1.29 is 4.39 Å². The second-order valence-electron chi connectivity index (χ2n) is 5.10. The lowest BCUT2D eigenvalue weighted by molar-refractivity contribution is 0.340. The third-order valence-electron chi connectivity index (χ3n) is 4.14. The Morgan fingerprint density at radius 2 is 2.17 bits per heavy atom. The number of halogens is 1. The maximum Gasteiger partial charge on any atom is 0.239 e. The van der Waals surface area contributed by atoms with E-state index in [4.69, 9.17) is 5.84 Å². The van der Waals surface area contributed by atoms with E-state index in [2.05, 4.69) is 20.3 Å². The standard InChI is InChI=1S/C12H18FN5/c13-9-7-15-12(17-14)16-11(9)18-6-5-8-3-1-2-4-10(8)18/h7-8,10H,1-6,14H2,(H,15,16,17). The normalized spacial score (nSPS) is 27.1. The molecule has 1 saturated heterocycles. The second-order valence-corrected chi connectivity index (χ2v) is 5.10. The summed E-state index contributed by atoms with van der Waals surface area (Å²) >= 11 is 0. The van der Waals surface area contributed by atoms with Gasteiger partial charge in [-0.3, -0.25) is 5.43 Å². The number of hydrazine groups is 1. The van der Waals surface area contributed by atoms with E-state index in [1.54, 1.807) is 0 Å². The summed E-state index contributed by atoms with van der Waals surface area (Å²) in [6.45, 7) is 0.882. The number of nitrogens with two attached hydrogens (primary N) is 1. The Kier molecular flexibility index (Phi) is 3.03. The number of aromatic nitrogens is 2. The van der Waals surface area contributed by atoms with Crippen LogP contribution >= 0.6 is 0 Å². The molecule has 3 N–H and O–H groups in total. The zero-order chi connectivity index (χ0) is 12.5. The van der Waals surface area contributed by atoms with Gasteiger partial charge < -0.3 is 4.90 Å². The van der Waals surface area contributed by atoms with Crippen molar-refractivity contribution in [2.75, 3.05) is 16.9 Å². The van der Waals surface area contributed by atoms with Crippen LogP contribution in [0.2, 0.25) is 0 Å². The smallest absolute Gasteiger partial charge is 0.239 e. The van der Waals surface area contributed by atoms with Crippen LogP contribution in [0, 0.1) is 11.7 Å². The maximum atomic E-state index is 13.9. The molecule has 1 aliphatic heterocycles. The van der Waals surface area contributed by atoms with Crippen molar-refractivity contribution in [1.29, 1.82) is 0 Å². The monoisotopic (exact) mass is 251 g/mol. The molecule has 18 heavy (non-hydrogen) atoms. The van der Waals surface area contributed by atoms with Crippen LogP contribution in [0.4, 0.5) is 16.2 Å². The minimum atomic E-state index is -0.361. The first kappa shape index (κ1) is 11.6. The first-order valence-electron chi connectivity index (χ1n) is 6.55. The molecule has 2 aliphatic rings. The van der Waals surface area contributed by atoms with Crippen molar-refractivity contribution in [2.45, 2.75) is 38.1 Å². The highest BCUT2D eigenvalue weighted by Crippen LogP contribution is 2.38. The molecule has 0 aromatic carbocycles. The summed E-state index contributed by atoms with van der Waals surface area (Å²) in [6.07, 6.45) is 7.26. The molecule has 2 unspecified atom stereocenters. The van der Waals surface area contributed by atoms with Crippen LogP contribution in [-0.2, 0) is 0 Å². The molecule has 1 aliphatic carbocycles. The summed E-state index contributed by atoms with van der Waals surface area (Å²) in [5, 5.41) is 0. The van der Waals surface area contributed by atoms with Gasteiger partial charge in [0.1, 0.15) is 0 Å². The number of nitrogen functional groups attached to an aromatic ring is 1. The average molecular weight is 251 g/mol.